The summed E-state index contributed by atoms with van der Waals surface area (Å²) in [4.78, 5) is 14.4. The molecule has 0 saturated heterocycles. The van der Waals surface area contributed by atoms with Crippen molar-refractivity contribution in [1.82, 2.24) is 10.6 Å². The largest absolute Gasteiger partial charge is 0.462 e. The third kappa shape index (κ3) is 3.78. The first kappa shape index (κ1) is 14.0. The molecule has 1 aliphatic heterocycles. The number of ether oxygens (including phenoxy) is 1. The van der Waals surface area contributed by atoms with Crippen LogP contribution in [0.25, 0.3) is 0 Å². The molecule has 0 spiro atoms. The van der Waals surface area contributed by atoms with Gasteiger partial charge in [0.25, 0.3) is 0 Å². The van der Waals surface area contributed by atoms with Gasteiger partial charge in [0, 0.05) is 21.9 Å². The maximum absolute atomic E-state index is 11.9. The van der Waals surface area contributed by atoms with Gasteiger partial charge in [-0.2, -0.15) is 0 Å². The highest BCUT2D eigenvalue weighted by atomic mass is 32.1. The summed E-state index contributed by atoms with van der Waals surface area (Å²) in [5, 5.41) is 6.39. The van der Waals surface area contributed by atoms with E-state index in [1.165, 1.54) is 9.75 Å². The zero-order chi connectivity index (χ0) is 13.8. The quantitative estimate of drug-likeness (QED) is 0.656. The van der Waals surface area contributed by atoms with Gasteiger partial charge in [0.15, 0.2) is 5.11 Å². The smallest absolute Gasteiger partial charge is 0.337 e. The Morgan fingerprint density at radius 1 is 1.47 bits per heavy atom. The molecular weight excluding hydrogens is 280 g/mol. The zero-order valence-corrected chi connectivity index (χ0v) is 12.5. The van der Waals surface area contributed by atoms with Crippen molar-refractivity contribution in [1.29, 1.82) is 0 Å². The first-order valence-corrected chi connectivity index (χ1v) is 7.26. The molecule has 1 aromatic heterocycles. The second-order valence-corrected chi connectivity index (χ2v) is 6.09. The minimum Gasteiger partial charge on any atom is -0.462 e. The number of hydrogen-bond donors (Lipinski definition) is 2. The Bertz CT molecular complexity index is 535. The normalized spacial score (nSPS) is 14.9. The van der Waals surface area contributed by atoms with E-state index in [0.29, 0.717) is 23.8 Å². The maximum Gasteiger partial charge on any atom is 0.337 e. The van der Waals surface area contributed by atoms with Crippen molar-refractivity contribution in [3.05, 3.63) is 33.2 Å². The SMILES string of the molecule is CC1=C(C(=O)OCCc2ccc(C)s2)CNC(=S)N1. The molecule has 0 amide bonds. The van der Waals surface area contributed by atoms with Gasteiger partial charge in [-0.3, -0.25) is 0 Å². The molecule has 0 saturated carbocycles. The van der Waals surface area contributed by atoms with Crippen LogP contribution in [0.2, 0.25) is 0 Å². The first-order valence-electron chi connectivity index (χ1n) is 6.03. The van der Waals surface area contributed by atoms with Crippen LogP contribution >= 0.6 is 23.6 Å². The maximum atomic E-state index is 11.9. The van der Waals surface area contributed by atoms with Gasteiger partial charge in [0.05, 0.1) is 18.7 Å². The zero-order valence-electron chi connectivity index (χ0n) is 10.9. The van der Waals surface area contributed by atoms with Gasteiger partial charge in [0.2, 0.25) is 0 Å². The van der Waals surface area contributed by atoms with Crippen molar-refractivity contribution in [3.8, 4) is 0 Å². The van der Waals surface area contributed by atoms with E-state index in [4.69, 9.17) is 17.0 Å². The number of aryl methyl sites for hydroxylation is 1. The van der Waals surface area contributed by atoms with Gasteiger partial charge in [-0.15, -0.1) is 11.3 Å². The highest BCUT2D eigenvalue weighted by Crippen LogP contribution is 2.16. The average Bonchev–Trinajstić information content (AvgIpc) is 2.75. The van der Waals surface area contributed by atoms with Crippen molar-refractivity contribution in [2.24, 2.45) is 0 Å². The van der Waals surface area contributed by atoms with E-state index >= 15 is 0 Å². The number of rotatable bonds is 4. The standard InChI is InChI=1S/C13H16N2O2S2/c1-8-3-4-10(19-8)5-6-17-12(16)11-7-14-13(18)15-9(11)2/h3-4H,5-7H2,1-2H3,(H2,14,15,18). The van der Waals surface area contributed by atoms with Crippen molar-refractivity contribution < 1.29 is 9.53 Å². The van der Waals surface area contributed by atoms with Crippen LogP contribution in [0.5, 0.6) is 0 Å². The summed E-state index contributed by atoms with van der Waals surface area (Å²) in [6, 6.07) is 4.14. The van der Waals surface area contributed by atoms with Crippen LogP contribution < -0.4 is 10.6 Å². The molecule has 2 heterocycles. The van der Waals surface area contributed by atoms with Gasteiger partial charge in [-0.05, 0) is 38.2 Å². The summed E-state index contributed by atoms with van der Waals surface area (Å²) >= 11 is 6.70. The Kier molecular flexibility index (Phi) is 4.55. The minimum atomic E-state index is -0.284. The molecule has 6 heteroatoms. The molecule has 0 aliphatic carbocycles. The highest BCUT2D eigenvalue weighted by Gasteiger charge is 2.19. The molecule has 0 fully saturated rings. The van der Waals surface area contributed by atoms with Crippen LogP contribution in [0.1, 0.15) is 16.7 Å². The lowest BCUT2D eigenvalue weighted by molar-refractivity contribution is -0.139. The molecule has 0 radical (unpaired) electrons. The Labute approximate surface area is 121 Å². The first-order chi connectivity index (χ1) is 9.06. The number of thiocarbonyl (C=S) groups is 1. The van der Waals surface area contributed by atoms with E-state index < -0.39 is 0 Å². The minimum absolute atomic E-state index is 0.284. The van der Waals surface area contributed by atoms with E-state index in [-0.39, 0.29) is 5.97 Å². The molecule has 0 atom stereocenters. The fourth-order valence-corrected chi connectivity index (χ4v) is 2.86. The number of hydrogen-bond acceptors (Lipinski definition) is 4. The fourth-order valence-electron chi connectivity index (χ4n) is 1.77. The van der Waals surface area contributed by atoms with Crippen molar-refractivity contribution in [2.45, 2.75) is 20.3 Å². The van der Waals surface area contributed by atoms with Crippen LogP contribution in [0, 0.1) is 6.92 Å². The topological polar surface area (TPSA) is 50.4 Å². The third-order valence-electron chi connectivity index (χ3n) is 2.80. The van der Waals surface area contributed by atoms with Crippen LogP contribution in [0.15, 0.2) is 23.4 Å². The number of thiophene rings is 1. The van der Waals surface area contributed by atoms with Gasteiger partial charge in [0.1, 0.15) is 0 Å². The highest BCUT2D eigenvalue weighted by molar-refractivity contribution is 7.80. The molecule has 19 heavy (non-hydrogen) atoms. The molecule has 2 rings (SSSR count). The van der Waals surface area contributed by atoms with Crippen molar-refractivity contribution in [3.63, 3.8) is 0 Å². The Morgan fingerprint density at radius 3 is 2.89 bits per heavy atom. The van der Waals surface area contributed by atoms with E-state index in [1.54, 1.807) is 11.3 Å². The third-order valence-corrected chi connectivity index (χ3v) is 4.11. The molecule has 0 aromatic carbocycles. The second-order valence-electron chi connectivity index (χ2n) is 4.31. The summed E-state index contributed by atoms with van der Waals surface area (Å²) in [5.41, 5.74) is 1.37. The molecule has 0 bridgehead atoms. The average molecular weight is 296 g/mol. The summed E-state index contributed by atoms with van der Waals surface area (Å²) in [7, 11) is 0. The summed E-state index contributed by atoms with van der Waals surface area (Å²) < 4.78 is 5.29. The van der Waals surface area contributed by atoms with Crippen molar-refractivity contribution in [2.75, 3.05) is 13.2 Å². The molecule has 102 valence electrons. The molecule has 4 nitrogen and oxygen atoms in total. The number of esters is 1. The second kappa shape index (κ2) is 6.16. The number of carbonyl (C=O) groups is 1. The fraction of sp³-hybridized carbons (Fsp3) is 0.385. The van der Waals surface area contributed by atoms with Crippen LogP contribution in [-0.4, -0.2) is 24.2 Å². The predicted molar refractivity (Wildman–Crippen MR) is 80.2 cm³/mol. The molecule has 2 N–H and O–H groups in total. The monoisotopic (exact) mass is 296 g/mol. The lowest BCUT2D eigenvalue weighted by atomic mass is 10.2. The van der Waals surface area contributed by atoms with Gasteiger partial charge in [-0.1, -0.05) is 0 Å². The van der Waals surface area contributed by atoms with Gasteiger partial charge >= 0.3 is 5.97 Å². The van der Waals surface area contributed by atoms with Crippen LogP contribution in [0.3, 0.4) is 0 Å². The number of nitrogens with one attached hydrogen (secondary N) is 2. The summed E-state index contributed by atoms with van der Waals surface area (Å²) in [5.74, 6) is -0.284. The van der Waals surface area contributed by atoms with Crippen LogP contribution in [-0.2, 0) is 16.0 Å². The number of allylic oxidation sites excluding steroid dienone is 1. The van der Waals surface area contributed by atoms with E-state index in [1.807, 2.05) is 6.92 Å². The molecular formula is C13H16N2O2S2. The number of carbonyl (C=O) groups excluding carboxylic acids is 1. The van der Waals surface area contributed by atoms with Gasteiger partial charge in [-0.25, -0.2) is 4.79 Å². The van der Waals surface area contributed by atoms with Crippen molar-refractivity contribution >= 4 is 34.6 Å². The summed E-state index contributed by atoms with van der Waals surface area (Å²) in [6.45, 7) is 4.72. The summed E-state index contributed by atoms with van der Waals surface area (Å²) in [6.07, 6.45) is 0.760. The molecule has 0 unspecified atom stereocenters. The Balaban J connectivity index is 1.84. The lowest BCUT2D eigenvalue weighted by Gasteiger charge is -2.20. The Morgan fingerprint density at radius 2 is 2.26 bits per heavy atom. The van der Waals surface area contributed by atoms with Gasteiger partial charge < -0.3 is 15.4 Å². The van der Waals surface area contributed by atoms with E-state index in [2.05, 4.69) is 29.7 Å². The van der Waals surface area contributed by atoms with E-state index in [0.717, 1.165) is 12.1 Å². The lowest BCUT2D eigenvalue weighted by Crippen LogP contribution is -2.43. The van der Waals surface area contributed by atoms with E-state index in [9.17, 15) is 4.79 Å². The van der Waals surface area contributed by atoms with Crippen LogP contribution in [0.4, 0.5) is 0 Å². The Hall–Kier alpha value is -1.40. The molecule has 1 aromatic rings. The predicted octanol–water partition coefficient (Wildman–Crippen LogP) is 1.89. The molecule has 1 aliphatic rings.